The van der Waals surface area contributed by atoms with Crippen molar-refractivity contribution >= 4 is 17.8 Å². The van der Waals surface area contributed by atoms with Gasteiger partial charge in [0, 0.05) is 24.6 Å². The molecule has 1 atom stereocenters. The van der Waals surface area contributed by atoms with Crippen molar-refractivity contribution in [2.45, 2.75) is 20.0 Å². The van der Waals surface area contributed by atoms with Crippen LogP contribution in [-0.2, 0) is 9.53 Å². The lowest BCUT2D eigenvalue weighted by atomic mass is 10.1. The third kappa shape index (κ3) is 3.95. The molecule has 0 N–H and O–H groups in total. The summed E-state index contributed by atoms with van der Waals surface area (Å²) in [5.74, 6) is -0.794. The normalized spacial score (nSPS) is 11.5. The van der Waals surface area contributed by atoms with Gasteiger partial charge < -0.3 is 19.4 Å². The SMILES string of the molecule is CC(=O)OC(C)c1cc([N+](=O)[O-])ccc1OC(=O)[O-]. The highest BCUT2D eigenvalue weighted by Crippen LogP contribution is 2.31. The first-order valence-corrected chi connectivity index (χ1v) is 5.15. The molecule has 102 valence electrons. The molecule has 0 fully saturated rings. The van der Waals surface area contributed by atoms with Gasteiger partial charge in [0.05, 0.1) is 10.7 Å². The molecule has 0 aliphatic carbocycles. The smallest absolute Gasteiger partial charge is 0.303 e. The number of benzene rings is 1. The lowest BCUT2D eigenvalue weighted by molar-refractivity contribution is -0.385. The van der Waals surface area contributed by atoms with Gasteiger partial charge in [-0.3, -0.25) is 14.9 Å². The maximum absolute atomic E-state index is 10.9. The van der Waals surface area contributed by atoms with Crippen LogP contribution in [-0.4, -0.2) is 17.0 Å². The standard InChI is InChI=1S/C11H11NO7/c1-6(18-7(2)13)9-5-8(12(16)17)3-4-10(9)19-11(14)15/h3-6H,1-2H3,(H,14,15)/p-1. The van der Waals surface area contributed by atoms with Gasteiger partial charge in [-0.05, 0) is 13.0 Å². The van der Waals surface area contributed by atoms with Crippen molar-refractivity contribution in [2.24, 2.45) is 0 Å². The quantitative estimate of drug-likeness (QED) is 0.345. The van der Waals surface area contributed by atoms with Crippen molar-refractivity contribution in [3.8, 4) is 5.75 Å². The highest BCUT2D eigenvalue weighted by atomic mass is 16.7. The number of hydrogen-bond acceptors (Lipinski definition) is 7. The molecule has 0 saturated carbocycles. The number of carbonyl (C=O) groups is 2. The third-order valence-electron chi connectivity index (χ3n) is 2.18. The number of ether oxygens (including phenoxy) is 2. The molecule has 0 aliphatic heterocycles. The molecular formula is C11H10NO7-. The fraction of sp³-hybridized carbons (Fsp3) is 0.273. The Balaban J connectivity index is 3.20. The van der Waals surface area contributed by atoms with Crippen LogP contribution in [0.3, 0.4) is 0 Å². The topological polar surface area (TPSA) is 119 Å². The molecule has 0 heterocycles. The fourth-order valence-electron chi connectivity index (χ4n) is 1.46. The fourth-order valence-corrected chi connectivity index (χ4v) is 1.46. The van der Waals surface area contributed by atoms with E-state index in [2.05, 4.69) is 4.74 Å². The Morgan fingerprint density at radius 1 is 1.37 bits per heavy atom. The summed E-state index contributed by atoms with van der Waals surface area (Å²) >= 11 is 0. The summed E-state index contributed by atoms with van der Waals surface area (Å²) in [7, 11) is 0. The summed E-state index contributed by atoms with van der Waals surface area (Å²) in [5.41, 5.74) is -0.215. The molecule has 1 aromatic rings. The average molecular weight is 268 g/mol. The summed E-state index contributed by atoms with van der Waals surface area (Å²) in [6.07, 6.45) is -2.71. The summed E-state index contributed by atoms with van der Waals surface area (Å²) in [4.78, 5) is 31.3. The first kappa shape index (κ1) is 14.4. The molecule has 0 bridgehead atoms. The van der Waals surface area contributed by atoms with Gasteiger partial charge in [0.2, 0.25) is 0 Å². The summed E-state index contributed by atoms with van der Waals surface area (Å²) in [6, 6.07) is 3.25. The van der Waals surface area contributed by atoms with E-state index in [-0.39, 0.29) is 17.0 Å². The predicted octanol–water partition coefficient (Wildman–Crippen LogP) is 0.941. The molecule has 0 spiro atoms. The summed E-state index contributed by atoms with van der Waals surface area (Å²) < 4.78 is 9.21. The summed E-state index contributed by atoms with van der Waals surface area (Å²) in [6.45, 7) is 2.59. The van der Waals surface area contributed by atoms with Gasteiger partial charge in [-0.25, -0.2) is 0 Å². The molecule has 0 radical (unpaired) electrons. The average Bonchev–Trinajstić information content (AvgIpc) is 2.27. The van der Waals surface area contributed by atoms with Crippen molar-refractivity contribution in [3.63, 3.8) is 0 Å². The van der Waals surface area contributed by atoms with E-state index in [1.165, 1.54) is 6.92 Å². The maximum Gasteiger partial charge on any atom is 0.303 e. The number of non-ortho nitro benzene ring substituents is 1. The summed E-state index contributed by atoms with van der Waals surface area (Å²) in [5, 5.41) is 21.1. The third-order valence-corrected chi connectivity index (χ3v) is 2.18. The zero-order chi connectivity index (χ0) is 14.6. The van der Waals surface area contributed by atoms with Gasteiger partial charge in [0.1, 0.15) is 6.10 Å². The number of carboxylic acid groups (broad SMARTS) is 1. The first-order valence-electron chi connectivity index (χ1n) is 5.15. The van der Waals surface area contributed by atoms with E-state index in [0.717, 1.165) is 25.1 Å². The van der Waals surface area contributed by atoms with E-state index in [1.54, 1.807) is 0 Å². The van der Waals surface area contributed by atoms with E-state index in [4.69, 9.17) is 4.74 Å². The second-order valence-electron chi connectivity index (χ2n) is 3.58. The minimum absolute atomic E-state index is 0.0635. The van der Waals surface area contributed by atoms with Crippen LogP contribution in [0, 0.1) is 10.1 Å². The lowest BCUT2D eigenvalue weighted by Gasteiger charge is -2.18. The predicted molar refractivity (Wildman–Crippen MR) is 59.3 cm³/mol. The number of rotatable bonds is 4. The number of carbonyl (C=O) groups excluding carboxylic acids is 2. The Bertz CT molecular complexity index is 526. The Morgan fingerprint density at radius 2 is 2.00 bits per heavy atom. The molecule has 1 rings (SSSR count). The number of hydrogen-bond donors (Lipinski definition) is 0. The van der Waals surface area contributed by atoms with E-state index >= 15 is 0 Å². The maximum atomic E-state index is 10.9. The first-order chi connectivity index (χ1) is 8.81. The highest BCUT2D eigenvalue weighted by Gasteiger charge is 2.17. The molecule has 19 heavy (non-hydrogen) atoms. The van der Waals surface area contributed by atoms with Crippen LogP contribution in [0.25, 0.3) is 0 Å². The Morgan fingerprint density at radius 3 is 2.47 bits per heavy atom. The molecule has 8 heteroatoms. The van der Waals surface area contributed by atoms with Crippen LogP contribution in [0.4, 0.5) is 10.5 Å². The van der Waals surface area contributed by atoms with Gasteiger partial charge in [-0.2, -0.15) is 0 Å². The molecule has 1 unspecified atom stereocenters. The van der Waals surface area contributed by atoms with Crippen LogP contribution in [0.15, 0.2) is 18.2 Å². The number of esters is 1. The minimum Gasteiger partial charge on any atom is -0.514 e. The zero-order valence-electron chi connectivity index (χ0n) is 10.1. The van der Waals surface area contributed by atoms with Crippen molar-refractivity contribution in [3.05, 3.63) is 33.9 Å². The monoisotopic (exact) mass is 268 g/mol. The van der Waals surface area contributed by atoms with Gasteiger partial charge in [-0.1, -0.05) is 0 Å². The molecular weight excluding hydrogens is 258 g/mol. The van der Waals surface area contributed by atoms with Crippen LogP contribution in [0.5, 0.6) is 5.75 Å². The van der Waals surface area contributed by atoms with Crippen LogP contribution in [0.1, 0.15) is 25.5 Å². The second-order valence-corrected chi connectivity index (χ2v) is 3.58. The molecule has 0 aliphatic rings. The molecule has 1 aromatic carbocycles. The van der Waals surface area contributed by atoms with E-state index in [0.29, 0.717) is 0 Å². The van der Waals surface area contributed by atoms with E-state index in [9.17, 15) is 24.8 Å². The Kier molecular flexibility index (Phi) is 4.41. The van der Waals surface area contributed by atoms with Crippen molar-refractivity contribution in [1.29, 1.82) is 0 Å². The van der Waals surface area contributed by atoms with Gasteiger partial charge in [-0.15, -0.1) is 0 Å². The molecule has 0 saturated heterocycles. The molecule has 8 nitrogen and oxygen atoms in total. The van der Waals surface area contributed by atoms with Crippen molar-refractivity contribution in [2.75, 3.05) is 0 Å². The number of nitrogens with zero attached hydrogens (tertiary/aromatic N) is 1. The van der Waals surface area contributed by atoms with E-state index < -0.39 is 23.2 Å². The van der Waals surface area contributed by atoms with Gasteiger partial charge in [0.25, 0.3) is 11.8 Å². The molecule has 0 amide bonds. The largest absolute Gasteiger partial charge is 0.514 e. The highest BCUT2D eigenvalue weighted by molar-refractivity contribution is 5.67. The lowest BCUT2D eigenvalue weighted by Crippen LogP contribution is -2.27. The van der Waals surface area contributed by atoms with Gasteiger partial charge in [0.15, 0.2) is 0 Å². The van der Waals surface area contributed by atoms with Crippen molar-refractivity contribution < 1.29 is 29.1 Å². The molecule has 0 aromatic heterocycles. The zero-order valence-corrected chi connectivity index (χ0v) is 10.1. The Labute approximate surface area is 107 Å². The van der Waals surface area contributed by atoms with E-state index in [1.807, 2.05) is 0 Å². The van der Waals surface area contributed by atoms with Crippen LogP contribution in [0.2, 0.25) is 0 Å². The minimum atomic E-state index is -1.81. The second kappa shape index (κ2) is 5.80. The number of nitro benzene ring substituents is 1. The van der Waals surface area contributed by atoms with Crippen LogP contribution < -0.4 is 9.84 Å². The van der Waals surface area contributed by atoms with Crippen LogP contribution >= 0.6 is 0 Å². The van der Waals surface area contributed by atoms with Crippen molar-refractivity contribution in [1.82, 2.24) is 0 Å². The number of nitro groups is 1. The van der Waals surface area contributed by atoms with Gasteiger partial charge >= 0.3 is 5.97 Å². The Hall–Kier alpha value is -2.64.